The molecule has 182 valence electrons. The molecule has 1 heterocycles. The molecule has 0 saturated carbocycles. The van der Waals surface area contributed by atoms with E-state index in [1.54, 1.807) is 12.1 Å². The predicted octanol–water partition coefficient (Wildman–Crippen LogP) is 3.80. The van der Waals surface area contributed by atoms with Crippen molar-refractivity contribution in [1.29, 1.82) is 0 Å². The second-order valence-electron chi connectivity index (χ2n) is 7.10. The van der Waals surface area contributed by atoms with Gasteiger partial charge < -0.3 is 24.1 Å². The van der Waals surface area contributed by atoms with E-state index >= 15 is 0 Å². The van der Waals surface area contributed by atoms with Crippen LogP contribution in [0.5, 0.6) is 17.2 Å². The van der Waals surface area contributed by atoms with Crippen LogP contribution in [0.1, 0.15) is 11.5 Å². The number of halogens is 1. The Bertz CT molecular complexity index is 1270. The maximum Gasteiger partial charge on any atom is 0.270 e. The smallest absolute Gasteiger partial charge is 0.270 e. The molecule has 10 nitrogen and oxygen atoms in total. The molecule has 0 radical (unpaired) electrons. The number of methoxy groups -OCH3 is 3. The first kappa shape index (κ1) is 25.2. The summed E-state index contributed by atoms with van der Waals surface area (Å²) in [7, 11) is 0.149. The summed E-state index contributed by atoms with van der Waals surface area (Å²) in [6, 6.07) is 9.22. The molecule has 0 saturated heterocycles. The summed E-state index contributed by atoms with van der Waals surface area (Å²) in [5.41, 5.74) is 0.679. The van der Waals surface area contributed by atoms with Crippen LogP contribution < -0.4 is 23.8 Å². The number of carbonyl (C=O) groups is 1. The number of ether oxygens (including phenoxy) is 3. The maximum absolute atomic E-state index is 13.6. The van der Waals surface area contributed by atoms with Gasteiger partial charge in [-0.05, 0) is 44.2 Å². The van der Waals surface area contributed by atoms with Gasteiger partial charge in [0.2, 0.25) is 5.91 Å². The van der Waals surface area contributed by atoms with Crippen molar-refractivity contribution in [3.63, 3.8) is 0 Å². The SMILES string of the molecule is COc1ccc(N(CC(=O)Nc2cc(Cl)c(OC)cc2OC)S(=O)(=O)c2c(C)noc2C)cc1. The fourth-order valence-electron chi connectivity index (χ4n) is 3.29. The average molecular weight is 510 g/mol. The Hall–Kier alpha value is -3.44. The molecule has 0 atom stereocenters. The number of hydrogen-bond donors (Lipinski definition) is 1. The third kappa shape index (κ3) is 5.05. The second-order valence-corrected chi connectivity index (χ2v) is 9.30. The molecule has 0 fully saturated rings. The van der Waals surface area contributed by atoms with Crippen molar-refractivity contribution in [2.45, 2.75) is 18.7 Å². The molecule has 1 amide bonds. The number of anilines is 2. The molecule has 2 aromatic carbocycles. The van der Waals surface area contributed by atoms with Crippen molar-refractivity contribution in [2.24, 2.45) is 0 Å². The van der Waals surface area contributed by atoms with Crippen LogP contribution in [-0.4, -0.2) is 47.4 Å². The number of nitrogens with zero attached hydrogens (tertiary/aromatic N) is 2. The van der Waals surface area contributed by atoms with Gasteiger partial charge in [0.05, 0.1) is 37.7 Å². The lowest BCUT2D eigenvalue weighted by molar-refractivity contribution is -0.114. The van der Waals surface area contributed by atoms with E-state index in [1.165, 1.54) is 59.4 Å². The number of hydrogen-bond acceptors (Lipinski definition) is 8. The van der Waals surface area contributed by atoms with Gasteiger partial charge in [0.1, 0.15) is 29.5 Å². The van der Waals surface area contributed by atoms with Crippen LogP contribution in [0, 0.1) is 13.8 Å². The van der Waals surface area contributed by atoms with E-state index in [9.17, 15) is 13.2 Å². The van der Waals surface area contributed by atoms with Crippen LogP contribution in [0.15, 0.2) is 45.8 Å². The van der Waals surface area contributed by atoms with Gasteiger partial charge in [-0.1, -0.05) is 16.8 Å². The van der Waals surface area contributed by atoms with Crippen LogP contribution >= 0.6 is 11.6 Å². The number of rotatable bonds is 9. The molecule has 12 heteroatoms. The van der Waals surface area contributed by atoms with Gasteiger partial charge in [0, 0.05) is 6.07 Å². The van der Waals surface area contributed by atoms with Crippen molar-refractivity contribution in [2.75, 3.05) is 37.5 Å². The molecule has 3 rings (SSSR count). The number of sulfonamides is 1. The average Bonchev–Trinajstić information content (AvgIpc) is 3.16. The summed E-state index contributed by atoms with van der Waals surface area (Å²) in [6.07, 6.45) is 0. The van der Waals surface area contributed by atoms with Crippen molar-refractivity contribution in [1.82, 2.24) is 5.16 Å². The summed E-state index contributed by atoms with van der Waals surface area (Å²) < 4.78 is 48.8. The summed E-state index contributed by atoms with van der Waals surface area (Å²) in [5, 5.41) is 6.63. The van der Waals surface area contributed by atoms with Gasteiger partial charge in [0.25, 0.3) is 10.0 Å². The predicted molar refractivity (Wildman–Crippen MR) is 127 cm³/mol. The van der Waals surface area contributed by atoms with E-state index in [4.69, 9.17) is 30.3 Å². The van der Waals surface area contributed by atoms with E-state index in [1.807, 2.05) is 0 Å². The molecule has 0 bridgehead atoms. The minimum absolute atomic E-state index is 0.110. The Morgan fingerprint density at radius 3 is 2.24 bits per heavy atom. The highest BCUT2D eigenvalue weighted by Crippen LogP contribution is 2.36. The molecule has 0 unspecified atom stereocenters. The van der Waals surface area contributed by atoms with Gasteiger partial charge in [-0.15, -0.1) is 0 Å². The first-order valence-electron chi connectivity index (χ1n) is 9.93. The Kier molecular flexibility index (Phi) is 7.57. The van der Waals surface area contributed by atoms with E-state index < -0.39 is 22.5 Å². The Labute approximate surface area is 202 Å². The lowest BCUT2D eigenvalue weighted by atomic mass is 10.2. The molecule has 1 N–H and O–H groups in total. The first-order chi connectivity index (χ1) is 16.1. The normalized spacial score (nSPS) is 11.1. The summed E-state index contributed by atoms with van der Waals surface area (Å²) in [5.74, 6) is 0.655. The summed E-state index contributed by atoms with van der Waals surface area (Å²) in [4.78, 5) is 12.9. The van der Waals surface area contributed by atoms with Gasteiger partial charge in [0.15, 0.2) is 10.7 Å². The highest BCUT2D eigenvalue weighted by Gasteiger charge is 2.33. The van der Waals surface area contributed by atoms with Crippen LogP contribution in [0.25, 0.3) is 0 Å². The summed E-state index contributed by atoms with van der Waals surface area (Å²) in [6.45, 7) is 2.45. The number of aromatic nitrogens is 1. The van der Waals surface area contributed by atoms with Gasteiger partial charge in [-0.2, -0.15) is 0 Å². The van der Waals surface area contributed by atoms with Crippen molar-refractivity contribution in [3.05, 3.63) is 52.9 Å². The molecule has 0 aliphatic heterocycles. The fraction of sp³-hybridized carbons (Fsp3) is 0.273. The van der Waals surface area contributed by atoms with Crippen LogP contribution in [0.3, 0.4) is 0 Å². The zero-order valence-corrected chi connectivity index (χ0v) is 20.8. The number of amides is 1. The van der Waals surface area contributed by atoms with Crippen molar-refractivity contribution >= 4 is 38.9 Å². The van der Waals surface area contributed by atoms with Crippen LogP contribution in [-0.2, 0) is 14.8 Å². The van der Waals surface area contributed by atoms with E-state index in [0.717, 1.165) is 4.31 Å². The minimum Gasteiger partial charge on any atom is -0.497 e. The van der Waals surface area contributed by atoms with E-state index in [2.05, 4.69) is 10.5 Å². The van der Waals surface area contributed by atoms with Crippen molar-refractivity contribution in [3.8, 4) is 17.2 Å². The topological polar surface area (TPSA) is 120 Å². The third-order valence-corrected chi connectivity index (χ3v) is 7.23. The highest BCUT2D eigenvalue weighted by molar-refractivity contribution is 7.93. The largest absolute Gasteiger partial charge is 0.497 e. The molecular formula is C22H24ClN3O7S. The van der Waals surface area contributed by atoms with Crippen LogP contribution in [0.4, 0.5) is 11.4 Å². The van der Waals surface area contributed by atoms with Gasteiger partial charge >= 0.3 is 0 Å². The molecule has 0 aliphatic carbocycles. The lowest BCUT2D eigenvalue weighted by Gasteiger charge is -2.24. The van der Waals surface area contributed by atoms with Gasteiger partial charge in [-0.3, -0.25) is 9.10 Å². The second kappa shape index (κ2) is 10.2. The quantitative estimate of drug-likeness (QED) is 0.462. The molecule has 3 aromatic rings. The molecule has 0 aliphatic rings. The highest BCUT2D eigenvalue weighted by atomic mass is 35.5. The minimum atomic E-state index is -4.22. The summed E-state index contributed by atoms with van der Waals surface area (Å²) >= 11 is 6.18. The number of nitrogens with one attached hydrogen (secondary N) is 1. The maximum atomic E-state index is 13.6. The number of carbonyl (C=O) groups excluding carboxylic acids is 1. The van der Waals surface area contributed by atoms with E-state index in [-0.39, 0.29) is 32.7 Å². The Morgan fingerprint density at radius 2 is 1.71 bits per heavy atom. The third-order valence-electron chi connectivity index (χ3n) is 4.91. The Morgan fingerprint density at radius 1 is 1.06 bits per heavy atom. The van der Waals surface area contributed by atoms with Crippen molar-refractivity contribution < 1.29 is 31.9 Å². The van der Waals surface area contributed by atoms with Gasteiger partial charge in [-0.25, -0.2) is 8.42 Å². The first-order valence-corrected chi connectivity index (χ1v) is 11.7. The zero-order chi connectivity index (χ0) is 25.0. The lowest BCUT2D eigenvalue weighted by Crippen LogP contribution is -2.38. The van der Waals surface area contributed by atoms with Crippen LogP contribution in [0.2, 0.25) is 5.02 Å². The number of aryl methyl sites for hydroxylation is 2. The standard InChI is InChI=1S/C22H24ClN3O7S/c1-13-22(14(2)33-25-13)34(28,29)26(15-6-8-16(30-3)9-7-15)12-21(27)24-18-10-17(23)19(31-4)11-20(18)32-5/h6-11H,12H2,1-5H3,(H,24,27). The zero-order valence-electron chi connectivity index (χ0n) is 19.2. The number of benzene rings is 2. The monoisotopic (exact) mass is 509 g/mol. The molecule has 34 heavy (non-hydrogen) atoms. The van der Waals surface area contributed by atoms with E-state index in [0.29, 0.717) is 17.2 Å². The molecule has 1 aromatic heterocycles. The fourth-order valence-corrected chi connectivity index (χ4v) is 5.25. The Balaban J connectivity index is 1.99. The molecular weight excluding hydrogens is 486 g/mol. The molecule has 0 spiro atoms.